The summed E-state index contributed by atoms with van der Waals surface area (Å²) in [5.74, 6) is -0.286. The normalized spacial score (nSPS) is 12.5. The lowest BCUT2D eigenvalue weighted by Crippen LogP contribution is -2.18. The molecule has 1 unspecified atom stereocenters. The molecule has 0 spiro atoms. The Hall–Kier alpha value is -0.900. The van der Waals surface area contributed by atoms with Crippen LogP contribution in [0.15, 0.2) is 40.9 Å². The summed E-state index contributed by atoms with van der Waals surface area (Å²) in [4.78, 5) is 0. The zero-order valence-electron chi connectivity index (χ0n) is 10.7. The molecule has 1 nitrogen and oxygen atoms in total. The second-order valence-corrected chi connectivity index (χ2v) is 5.66. The minimum absolute atomic E-state index is 0.139. The highest BCUT2D eigenvalue weighted by Gasteiger charge is 2.16. The van der Waals surface area contributed by atoms with E-state index in [0.717, 1.165) is 21.2 Å². The lowest BCUT2D eigenvalue weighted by atomic mass is 9.98. The van der Waals surface area contributed by atoms with Gasteiger partial charge in [0, 0.05) is 9.50 Å². The van der Waals surface area contributed by atoms with Crippen LogP contribution in [0.2, 0.25) is 5.02 Å². The SMILES string of the molecule is CNC(c1ccc(C)c(Br)c1)c1cc(F)ccc1Cl. The van der Waals surface area contributed by atoms with E-state index in [1.54, 1.807) is 6.07 Å². The molecular formula is C15H14BrClFN. The topological polar surface area (TPSA) is 12.0 Å². The van der Waals surface area contributed by atoms with E-state index in [-0.39, 0.29) is 11.9 Å². The molecule has 0 aromatic heterocycles. The molecule has 19 heavy (non-hydrogen) atoms. The van der Waals surface area contributed by atoms with Crippen molar-refractivity contribution in [3.05, 3.63) is 68.4 Å². The molecule has 2 aromatic rings. The summed E-state index contributed by atoms with van der Waals surface area (Å²) >= 11 is 9.69. The molecule has 0 bridgehead atoms. The van der Waals surface area contributed by atoms with Crippen molar-refractivity contribution in [3.8, 4) is 0 Å². The van der Waals surface area contributed by atoms with Crippen molar-refractivity contribution in [3.63, 3.8) is 0 Å². The summed E-state index contributed by atoms with van der Waals surface area (Å²) < 4.78 is 14.4. The minimum Gasteiger partial charge on any atom is -0.309 e. The molecular weight excluding hydrogens is 329 g/mol. The molecule has 0 saturated carbocycles. The average molecular weight is 343 g/mol. The van der Waals surface area contributed by atoms with Gasteiger partial charge >= 0.3 is 0 Å². The number of nitrogens with one attached hydrogen (secondary N) is 1. The van der Waals surface area contributed by atoms with Crippen LogP contribution in [0.4, 0.5) is 4.39 Å². The zero-order chi connectivity index (χ0) is 14.0. The highest BCUT2D eigenvalue weighted by atomic mass is 79.9. The summed E-state index contributed by atoms with van der Waals surface area (Å²) in [5, 5.41) is 3.73. The van der Waals surface area contributed by atoms with Gasteiger partial charge in [0.05, 0.1) is 6.04 Å². The van der Waals surface area contributed by atoms with E-state index in [0.29, 0.717) is 5.02 Å². The summed E-state index contributed by atoms with van der Waals surface area (Å²) in [7, 11) is 1.83. The Morgan fingerprint density at radius 1 is 1.21 bits per heavy atom. The van der Waals surface area contributed by atoms with Crippen molar-refractivity contribution in [1.82, 2.24) is 5.32 Å². The fourth-order valence-corrected chi connectivity index (χ4v) is 2.65. The maximum atomic E-state index is 13.4. The van der Waals surface area contributed by atoms with E-state index in [1.807, 2.05) is 32.2 Å². The van der Waals surface area contributed by atoms with Crippen molar-refractivity contribution in [1.29, 1.82) is 0 Å². The van der Waals surface area contributed by atoms with Gasteiger partial charge in [-0.1, -0.05) is 39.7 Å². The molecule has 1 N–H and O–H groups in total. The molecule has 1 atom stereocenters. The van der Waals surface area contributed by atoms with Crippen molar-refractivity contribution in [2.45, 2.75) is 13.0 Å². The van der Waals surface area contributed by atoms with Gasteiger partial charge in [0.2, 0.25) is 0 Å². The van der Waals surface area contributed by atoms with Crippen LogP contribution < -0.4 is 5.32 Å². The number of rotatable bonds is 3. The van der Waals surface area contributed by atoms with Crippen LogP contribution in [0.5, 0.6) is 0 Å². The molecule has 0 saturated heterocycles. The van der Waals surface area contributed by atoms with Crippen LogP contribution >= 0.6 is 27.5 Å². The van der Waals surface area contributed by atoms with Gasteiger partial charge in [0.1, 0.15) is 5.82 Å². The van der Waals surface area contributed by atoms with E-state index < -0.39 is 0 Å². The highest BCUT2D eigenvalue weighted by molar-refractivity contribution is 9.10. The molecule has 0 aliphatic heterocycles. The van der Waals surface area contributed by atoms with Crippen LogP contribution in [0.25, 0.3) is 0 Å². The molecule has 0 aliphatic rings. The van der Waals surface area contributed by atoms with Crippen molar-refractivity contribution < 1.29 is 4.39 Å². The predicted molar refractivity (Wildman–Crippen MR) is 81.2 cm³/mol. The Bertz CT molecular complexity index is 601. The van der Waals surface area contributed by atoms with E-state index in [2.05, 4.69) is 21.2 Å². The standard InChI is InChI=1S/C15H14BrClFN/c1-9-3-4-10(7-13(9)16)15(19-2)12-8-11(18)5-6-14(12)17/h3-8,15,19H,1-2H3. The number of hydrogen-bond acceptors (Lipinski definition) is 1. The van der Waals surface area contributed by atoms with Crippen LogP contribution in [-0.4, -0.2) is 7.05 Å². The Morgan fingerprint density at radius 3 is 2.58 bits per heavy atom. The summed E-state index contributed by atoms with van der Waals surface area (Å²) in [6.45, 7) is 2.03. The van der Waals surface area contributed by atoms with Gasteiger partial charge in [-0.05, 0) is 54.9 Å². The number of halogens is 3. The summed E-state index contributed by atoms with van der Waals surface area (Å²) in [6, 6.07) is 10.3. The van der Waals surface area contributed by atoms with Crippen molar-refractivity contribution in [2.24, 2.45) is 0 Å². The molecule has 0 amide bonds. The Kier molecular flexibility index (Phi) is 4.61. The zero-order valence-corrected chi connectivity index (χ0v) is 13.0. The molecule has 0 radical (unpaired) electrons. The molecule has 4 heteroatoms. The highest BCUT2D eigenvalue weighted by Crippen LogP contribution is 2.30. The Labute approximate surface area is 125 Å². The lowest BCUT2D eigenvalue weighted by Gasteiger charge is -2.19. The largest absolute Gasteiger partial charge is 0.309 e. The summed E-state index contributed by atoms with van der Waals surface area (Å²) in [6.07, 6.45) is 0. The third-order valence-corrected chi connectivity index (χ3v) is 4.29. The average Bonchev–Trinajstić information content (AvgIpc) is 2.38. The van der Waals surface area contributed by atoms with E-state index in [9.17, 15) is 4.39 Å². The van der Waals surface area contributed by atoms with Gasteiger partial charge in [0.15, 0.2) is 0 Å². The van der Waals surface area contributed by atoms with Crippen LogP contribution in [0, 0.1) is 12.7 Å². The van der Waals surface area contributed by atoms with E-state index >= 15 is 0 Å². The van der Waals surface area contributed by atoms with E-state index in [4.69, 9.17) is 11.6 Å². The van der Waals surface area contributed by atoms with Crippen molar-refractivity contribution in [2.75, 3.05) is 7.05 Å². The quantitative estimate of drug-likeness (QED) is 0.840. The predicted octanol–water partition coefficient (Wildman–Crippen LogP) is 4.86. The first kappa shape index (κ1) is 14.5. The number of benzene rings is 2. The maximum Gasteiger partial charge on any atom is 0.123 e. The van der Waals surface area contributed by atoms with Gasteiger partial charge in [-0.3, -0.25) is 0 Å². The fourth-order valence-electron chi connectivity index (χ4n) is 2.03. The maximum absolute atomic E-state index is 13.4. The Balaban J connectivity index is 2.49. The molecule has 0 heterocycles. The second-order valence-electron chi connectivity index (χ2n) is 4.40. The number of aryl methyl sites for hydroxylation is 1. The molecule has 2 aromatic carbocycles. The van der Waals surface area contributed by atoms with Crippen LogP contribution in [0.3, 0.4) is 0 Å². The van der Waals surface area contributed by atoms with Crippen LogP contribution in [-0.2, 0) is 0 Å². The van der Waals surface area contributed by atoms with Gasteiger partial charge in [-0.15, -0.1) is 0 Å². The van der Waals surface area contributed by atoms with Gasteiger partial charge in [0.25, 0.3) is 0 Å². The molecule has 100 valence electrons. The fraction of sp³-hybridized carbons (Fsp3) is 0.200. The van der Waals surface area contributed by atoms with Gasteiger partial charge in [-0.25, -0.2) is 4.39 Å². The molecule has 0 fully saturated rings. The van der Waals surface area contributed by atoms with Gasteiger partial charge < -0.3 is 5.32 Å². The summed E-state index contributed by atoms with van der Waals surface area (Å²) in [5.41, 5.74) is 2.93. The molecule has 0 aliphatic carbocycles. The number of hydrogen-bond donors (Lipinski definition) is 1. The minimum atomic E-state index is -0.286. The monoisotopic (exact) mass is 341 g/mol. The lowest BCUT2D eigenvalue weighted by molar-refractivity contribution is 0.617. The third kappa shape index (κ3) is 3.16. The van der Waals surface area contributed by atoms with Crippen LogP contribution in [0.1, 0.15) is 22.7 Å². The molecule has 2 rings (SSSR count). The Morgan fingerprint density at radius 2 is 1.95 bits per heavy atom. The first-order valence-electron chi connectivity index (χ1n) is 5.91. The van der Waals surface area contributed by atoms with E-state index in [1.165, 1.54) is 12.1 Å². The first-order valence-corrected chi connectivity index (χ1v) is 7.08. The van der Waals surface area contributed by atoms with Crippen molar-refractivity contribution >= 4 is 27.5 Å². The smallest absolute Gasteiger partial charge is 0.123 e. The second kappa shape index (κ2) is 6.04. The van der Waals surface area contributed by atoms with Gasteiger partial charge in [-0.2, -0.15) is 0 Å². The third-order valence-electron chi connectivity index (χ3n) is 3.09. The first-order chi connectivity index (χ1) is 9.02.